The van der Waals surface area contributed by atoms with Gasteiger partial charge in [0.25, 0.3) is 6.43 Å². The summed E-state index contributed by atoms with van der Waals surface area (Å²) in [5.41, 5.74) is 0. The van der Waals surface area contributed by atoms with Crippen LogP contribution in [0.1, 0.15) is 0 Å². The molecule has 1 rings (SSSR count). The predicted molar refractivity (Wildman–Crippen MR) is 38.8 cm³/mol. The van der Waals surface area contributed by atoms with E-state index in [1.54, 1.807) is 6.26 Å². The normalized spacial score (nSPS) is 11.1. The molecule has 0 amide bonds. The molecule has 0 aromatic carbocycles. The highest BCUT2D eigenvalue weighted by atomic mass is 32.2. The minimum Gasteiger partial charge on any atom is -0.249 e. The van der Waals surface area contributed by atoms with Gasteiger partial charge in [-0.25, -0.2) is 17.9 Å². The molecule has 0 saturated carbocycles. The summed E-state index contributed by atoms with van der Waals surface area (Å²) in [6.45, 7) is -0.587. The summed E-state index contributed by atoms with van der Waals surface area (Å²) >= 11 is 1.03. The van der Waals surface area contributed by atoms with Crippen molar-refractivity contribution in [2.75, 3.05) is 6.26 Å². The van der Waals surface area contributed by atoms with Crippen molar-refractivity contribution in [1.29, 1.82) is 0 Å². The van der Waals surface area contributed by atoms with Crippen molar-refractivity contribution in [3.8, 4) is 0 Å². The van der Waals surface area contributed by atoms with Crippen LogP contribution in [0, 0.1) is 12.0 Å². The van der Waals surface area contributed by atoms with Crippen molar-refractivity contribution in [3.05, 3.63) is 12.0 Å². The van der Waals surface area contributed by atoms with Gasteiger partial charge in [0.05, 0.1) is 0 Å². The zero-order valence-corrected chi connectivity index (χ0v) is 7.04. The molecule has 0 spiro atoms. The van der Waals surface area contributed by atoms with Crippen LogP contribution in [0.25, 0.3) is 0 Å². The van der Waals surface area contributed by atoms with Crippen LogP contribution < -0.4 is 0 Å². The molecule has 1 heterocycles. The monoisotopic (exact) mass is 195 g/mol. The zero-order valence-electron chi connectivity index (χ0n) is 6.22. The molecule has 1 aromatic rings. The van der Waals surface area contributed by atoms with E-state index in [1.807, 2.05) is 6.20 Å². The summed E-state index contributed by atoms with van der Waals surface area (Å²) in [6.07, 6.45) is 1.05. The van der Waals surface area contributed by atoms with E-state index in [1.165, 1.54) is 0 Å². The Bertz CT molecular complexity index is 261. The van der Waals surface area contributed by atoms with Crippen LogP contribution in [0.15, 0.2) is 5.03 Å². The minimum absolute atomic E-state index is 0.0929. The number of hydrogen-bond donors (Lipinski definition) is 0. The van der Waals surface area contributed by atoms with Crippen LogP contribution in [-0.4, -0.2) is 22.5 Å². The van der Waals surface area contributed by atoms with Gasteiger partial charge in [0.15, 0.2) is 12.0 Å². The molecule has 67 valence electrons. The second-order valence-electron chi connectivity index (χ2n) is 2.01. The SMILES string of the molecule is CSc1c(F)[c]nn1CC(F)F. The summed E-state index contributed by atoms with van der Waals surface area (Å²) in [5.74, 6) is -0.678. The second kappa shape index (κ2) is 3.84. The molecule has 0 atom stereocenters. The Morgan fingerprint density at radius 3 is 2.83 bits per heavy atom. The van der Waals surface area contributed by atoms with Crippen molar-refractivity contribution in [2.45, 2.75) is 18.0 Å². The van der Waals surface area contributed by atoms with Gasteiger partial charge in [-0.05, 0) is 6.26 Å². The molecule has 0 saturated heterocycles. The number of hydrogen-bond acceptors (Lipinski definition) is 2. The summed E-state index contributed by atoms with van der Waals surface area (Å²) in [4.78, 5) is 0. The molecule has 0 bridgehead atoms. The summed E-state index contributed by atoms with van der Waals surface area (Å²) in [7, 11) is 0. The van der Waals surface area contributed by atoms with E-state index >= 15 is 0 Å². The predicted octanol–water partition coefficient (Wildman–Crippen LogP) is 1.81. The summed E-state index contributed by atoms with van der Waals surface area (Å²) in [6, 6.07) is 0. The minimum atomic E-state index is -2.52. The largest absolute Gasteiger partial charge is 0.257 e. The molecule has 0 N–H and O–H groups in total. The van der Waals surface area contributed by atoms with Gasteiger partial charge in [-0.3, -0.25) is 0 Å². The van der Waals surface area contributed by atoms with Crippen molar-refractivity contribution in [2.24, 2.45) is 0 Å². The highest BCUT2D eigenvalue weighted by Gasteiger charge is 2.13. The van der Waals surface area contributed by atoms with Crippen LogP contribution in [0.5, 0.6) is 0 Å². The van der Waals surface area contributed by atoms with Crippen molar-refractivity contribution in [3.63, 3.8) is 0 Å². The van der Waals surface area contributed by atoms with Gasteiger partial charge < -0.3 is 0 Å². The molecular weight excluding hydrogens is 189 g/mol. The number of thioether (sulfide) groups is 1. The fourth-order valence-corrected chi connectivity index (χ4v) is 1.31. The van der Waals surface area contributed by atoms with Gasteiger partial charge in [-0.2, -0.15) is 5.10 Å². The van der Waals surface area contributed by atoms with Gasteiger partial charge in [0, 0.05) is 0 Å². The van der Waals surface area contributed by atoms with Gasteiger partial charge in [-0.1, -0.05) is 0 Å². The number of alkyl halides is 2. The molecule has 12 heavy (non-hydrogen) atoms. The van der Waals surface area contributed by atoms with E-state index in [-0.39, 0.29) is 5.03 Å². The Kier molecular flexibility index (Phi) is 3.02. The molecule has 0 aliphatic rings. The first-order valence-electron chi connectivity index (χ1n) is 3.11. The third-order valence-corrected chi connectivity index (χ3v) is 1.97. The quantitative estimate of drug-likeness (QED) is 0.684. The van der Waals surface area contributed by atoms with Gasteiger partial charge in [0.2, 0.25) is 0 Å². The lowest BCUT2D eigenvalue weighted by atomic mass is 10.6. The maximum Gasteiger partial charge on any atom is 0.257 e. The molecule has 0 aliphatic heterocycles. The lowest BCUT2D eigenvalue weighted by molar-refractivity contribution is 0.118. The molecule has 1 aromatic heterocycles. The lowest BCUT2D eigenvalue weighted by Gasteiger charge is -2.02. The van der Waals surface area contributed by atoms with Crippen LogP contribution in [0.4, 0.5) is 13.2 Å². The third kappa shape index (κ3) is 1.94. The second-order valence-corrected chi connectivity index (χ2v) is 2.80. The Balaban J connectivity index is 2.84. The van der Waals surface area contributed by atoms with Crippen LogP contribution >= 0.6 is 11.8 Å². The number of halogens is 3. The van der Waals surface area contributed by atoms with Gasteiger partial charge >= 0.3 is 0 Å². The first kappa shape index (κ1) is 9.44. The molecule has 0 fully saturated rings. The lowest BCUT2D eigenvalue weighted by Crippen LogP contribution is -2.09. The Morgan fingerprint density at radius 2 is 2.33 bits per heavy atom. The first-order valence-corrected chi connectivity index (χ1v) is 4.33. The molecular formula is C6H6F3N2S. The molecule has 6 heteroatoms. The van der Waals surface area contributed by atoms with E-state index in [9.17, 15) is 13.2 Å². The molecule has 0 unspecified atom stereocenters. The standard InChI is InChI=1S/C6H6F3N2S/c1-12-6-4(7)2-10-11(6)3-5(8)9/h5H,3H2,1H3. The van der Waals surface area contributed by atoms with E-state index in [2.05, 4.69) is 5.10 Å². The third-order valence-electron chi connectivity index (χ3n) is 1.20. The van der Waals surface area contributed by atoms with Gasteiger partial charge in [0.1, 0.15) is 11.6 Å². The summed E-state index contributed by atoms with van der Waals surface area (Å²) in [5, 5.41) is 3.44. The van der Waals surface area contributed by atoms with Crippen LogP contribution in [0.3, 0.4) is 0 Å². The van der Waals surface area contributed by atoms with Gasteiger partial charge in [-0.15, -0.1) is 11.8 Å². The number of rotatable bonds is 3. The van der Waals surface area contributed by atoms with E-state index in [4.69, 9.17) is 0 Å². The maximum absolute atomic E-state index is 12.7. The Hall–Kier alpha value is -0.650. The highest BCUT2D eigenvalue weighted by molar-refractivity contribution is 7.98. The average molecular weight is 195 g/mol. The van der Waals surface area contributed by atoms with Crippen molar-refractivity contribution < 1.29 is 13.2 Å². The fourth-order valence-electron chi connectivity index (χ4n) is 0.760. The average Bonchev–Trinajstić information content (AvgIpc) is 2.30. The highest BCUT2D eigenvalue weighted by Crippen LogP contribution is 2.18. The first-order chi connectivity index (χ1) is 5.65. The van der Waals surface area contributed by atoms with Crippen LogP contribution in [-0.2, 0) is 6.54 Å². The molecule has 0 aliphatic carbocycles. The smallest absolute Gasteiger partial charge is 0.249 e. The van der Waals surface area contributed by atoms with E-state index in [0.717, 1.165) is 16.4 Å². The topological polar surface area (TPSA) is 17.8 Å². The fraction of sp³-hybridized carbons (Fsp3) is 0.500. The summed E-state index contributed by atoms with van der Waals surface area (Å²) < 4.78 is 37.2. The van der Waals surface area contributed by atoms with E-state index in [0.29, 0.717) is 0 Å². The van der Waals surface area contributed by atoms with E-state index < -0.39 is 18.8 Å². The number of aromatic nitrogens is 2. The Labute approximate surface area is 71.8 Å². The van der Waals surface area contributed by atoms with Crippen molar-refractivity contribution >= 4 is 11.8 Å². The Morgan fingerprint density at radius 1 is 1.67 bits per heavy atom. The van der Waals surface area contributed by atoms with Crippen molar-refractivity contribution in [1.82, 2.24) is 9.78 Å². The maximum atomic E-state index is 12.7. The molecule has 1 radical (unpaired) electrons. The number of nitrogens with zero attached hydrogens (tertiary/aromatic N) is 2. The molecule has 2 nitrogen and oxygen atoms in total. The zero-order chi connectivity index (χ0) is 9.14. The van der Waals surface area contributed by atoms with Crippen LogP contribution in [0.2, 0.25) is 0 Å².